The van der Waals surface area contributed by atoms with Gasteiger partial charge in [0.25, 0.3) is 5.91 Å². The van der Waals surface area contributed by atoms with Crippen molar-refractivity contribution in [3.05, 3.63) is 101 Å². The van der Waals surface area contributed by atoms with Crippen LogP contribution in [0.4, 0.5) is 8.78 Å². The van der Waals surface area contributed by atoms with Gasteiger partial charge >= 0.3 is 6.61 Å². The third-order valence-corrected chi connectivity index (χ3v) is 6.96. The number of nitrogens with one attached hydrogen (secondary N) is 2. The molecule has 2 N–H and O–H groups in total. The van der Waals surface area contributed by atoms with E-state index in [2.05, 4.69) is 15.4 Å². The van der Waals surface area contributed by atoms with Gasteiger partial charge in [-0.05, 0) is 18.2 Å². The summed E-state index contributed by atoms with van der Waals surface area (Å²) in [5.74, 6) is -4.13. The lowest BCUT2D eigenvalue weighted by Gasteiger charge is -2.19. The third-order valence-electron chi connectivity index (χ3n) is 5.37. The molecule has 202 valence electrons. The maximum absolute atomic E-state index is 13.0. The van der Waals surface area contributed by atoms with Crippen LogP contribution in [-0.2, 0) is 20.4 Å². The molecule has 0 aliphatic rings. The number of ketones is 1. The number of hydrogen-bond acceptors (Lipinski definition) is 7. The van der Waals surface area contributed by atoms with Crippen molar-refractivity contribution in [3.63, 3.8) is 0 Å². The number of para-hydroxylation sites is 1. The number of ether oxygens (including phenoxy) is 1. The van der Waals surface area contributed by atoms with E-state index in [1.165, 1.54) is 48.5 Å². The zero-order valence-corrected chi connectivity index (χ0v) is 21.2. The molecule has 3 rings (SSSR count). The lowest BCUT2D eigenvalue weighted by molar-refractivity contribution is -0.122. The fourth-order valence-electron chi connectivity index (χ4n) is 3.62. The van der Waals surface area contributed by atoms with Crippen LogP contribution in [0.1, 0.15) is 31.8 Å². The minimum Gasteiger partial charge on any atom is -0.435 e. The number of carbonyl (C=O) groups excluding carboxylic acids is 3. The van der Waals surface area contributed by atoms with E-state index in [9.17, 15) is 31.6 Å². The Labute approximate surface area is 223 Å². The van der Waals surface area contributed by atoms with Crippen molar-refractivity contribution >= 4 is 27.4 Å². The van der Waals surface area contributed by atoms with Gasteiger partial charge in [-0.2, -0.15) is 14.0 Å². The Bertz CT molecular complexity index is 1490. The Morgan fingerprint density at radius 2 is 1.54 bits per heavy atom. The summed E-state index contributed by atoms with van der Waals surface area (Å²) in [7, 11) is -4.19. The minimum atomic E-state index is -4.19. The van der Waals surface area contributed by atoms with E-state index in [0.717, 1.165) is 0 Å². The number of benzene rings is 3. The van der Waals surface area contributed by atoms with Crippen molar-refractivity contribution in [1.29, 1.82) is 5.26 Å². The molecule has 0 spiro atoms. The molecule has 0 aliphatic heterocycles. The molecule has 0 saturated carbocycles. The molecular weight excluding hydrogens is 532 g/mol. The van der Waals surface area contributed by atoms with Crippen LogP contribution >= 0.6 is 0 Å². The highest BCUT2D eigenvalue weighted by Gasteiger charge is 2.29. The fourth-order valence-corrected chi connectivity index (χ4v) is 5.19. The van der Waals surface area contributed by atoms with Crippen LogP contribution in [0.5, 0.6) is 5.75 Å². The summed E-state index contributed by atoms with van der Waals surface area (Å²) in [6.07, 6.45) is 0. The van der Waals surface area contributed by atoms with Gasteiger partial charge in [0, 0.05) is 22.3 Å². The lowest BCUT2D eigenvalue weighted by atomic mass is 10.0. The van der Waals surface area contributed by atoms with E-state index in [-0.39, 0.29) is 28.2 Å². The van der Waals surface area contributed by atoms with Crippen molar-refractivity contribution < 1.29 is 36.3 Å². The summed E-state index contributed by atoms with van der Waals surface area (Å²) in [5, 5.41) is 13.3. The van der Waals surface area contributed by atoms with Gasteiger partial charge in [0.2, 0.25) is 5.91 Å². The van der Waals surface area contributed by atoms with Crippen molar-refractivity contribution in [3.8, 4) is 11.8 Å². The first-order chi connectivity index (χ1) is 18.6. The molecule has 9 nitrogen and oxygen atoms in total. The number of carbonyl (C=O) groups is 3. The molecular formula is C27H23F2N3O6S. The van der Waals surface area contributed by atoms with Crippen LogP contribution in [-0.4, -0.2) is 51.0 Å². The quantitative estimate of drug-likeness (QED) is 0.258. The standard InChI is InChI=1S/C27H23F2N3O6S/c28-27(29)38-23-12-5-4-9-21(23)16-39(36,37)17-22(26(35)31-14-13-30)32-25(34)20-11-6-10-19(15-20)24(33)18-7-2-1-3-8-18/h1-12,15,22,27H,14,16-17H2,(H,31,35)(H,32,34)/t22-/m0/s1. The van der Waals surface area contributed by atoms with Crippen molar-refractivity contribution in [1.82, 2.24) is 10.6 Å². The number of amides is 2. The number of halogens is 2. The van der Waals surface area contributed by atoms with Crippen LogP contribution in [0.15, 0.2) is 78.9 Å². The molecule has 0 saturated heterocycles. The van der Waals surface area contributed by atoms with Gasteiger partial charge in [0.15, 0.2) is 15.6 Å². The van der Waals surface area contributed by atoms with Crippen LogP contribution in [0.3, 0.4) is 0 Å². The highest BCUT2D eigenvalue weighted by Crippen LogP contribution is 2.23. The Morgan fingerprint density at radius 3 is 2.23 bits per heavy atom. The summed E-state index contributed by atoms with van der Waals surface area (Å²) < 4.78 is 55.7. The van der Waals surface area contributed by atoms with Gasteiger partial charge in [-0.25, -0.2) is 8.42 Å². The van der Waals surface area contributed by atoms with Crippen LogP contribution in [0.25, 0.3) is 0 Å². The average molecular weight is 556 g/mol. The molecule has 0 unspecified atom stereocenters. The van der Waals surface area contributed by atoms with Crippen LogP contribution in [0.2, 0.25) is 0 Å². The molecule has 1 atom stereocenters. The summed E-state index contributed by atoms with van der Waals surface area (Å²) >= 11 is 0. The van der Waals surface area contributed by atoms with Gasteiger partial charge in [0.1, 0.15) is 18.3 Å². The van der Waals surface area contributed by atoms with Gasteiger partial charge < -0.3 is 15.4 Å². The van der Waals surface area contributed by atoms with Gasteiger partial charge in [-0.1, -0.05) is 60.7 Å². The molecule has 0 heterocycles. The smallest absolute Gasteiger partial charge is 0.387 e. The lowest BCUT2D eigenvalue weighted by Crippen LogP contribution is -2.50. The normalized spacial score (nSPS) is 11.7. The maximum atomic E-state index is 13.0. The van der Waals surface area contributed by atoms with Crippen LogP contribution in [0, 0.1) is 11.3 Å². The molecule has 0 bridgehead atoms. The number of rotatable bonds is 12. The second-order valence-electron chi connectivity index (χ2n) is 8.22. The Hall–Kier alpha value is -4.63. The van der Waals surface area contributed by atoms with E-state index in [1.807, 2.05) is 0 Å². The predicted octanol–water partition coefficient (Wildman–Crippen LogP) is 2.87. The average Bonchev–Trinajstić information content (AvgIpc) is 2.92. The summed E-state index contributed by atoms with van der Waals surface area (Å²) in [6.45, 7) is -3.63. The monoisotopic (exact) mass is 555 g/mol. The third kappa shape index (κ3) is 8.44. The van der Waals surface area contributed by atoms with Crippen molar-refractivity contribution in [2.24, 2.45) is 0 Å². The highest BCUT2D eigenvalue weighted by atomic mass is 32.2. The SMILES string of the molecule is N#CCNC(=O)[C@H](CS(=O)(=O)Cc1ccccc1OC(F)F)NC(=O)c1cccc(C(=O)c2ccccc2)c1. The molecule has 2 amide bonds. The second-order valence-corrected chi connectivity index (χ2v) is 10.3. The highest BCUT2D eigenvalue weighted by molar-refractivity contribution is 7.90. The van der Waals surface area contributed by atoms with E-state index in [0.29, 0.717) is 5.56 Å². The summed E-state index contributed by atoms with van der Waals surface area (Å²) in [4.78, 5) is 38.4. The van der Waals surface area contributed by atoms with Crippen LogP contribution < -0.4 is 15.4 Å². The molecule has 3 aromatic rings. The first-order valence-corrected chi connectivity index (χ1v) is 13.3. The first-order valence-electron chi connectivity index (χ1n) is 11.5. The second kappa shape index (κ2) is 13.3. The predicted molar refractivity (Wildman–Crippen MR) is 137 cm³/mol. The van der Waals surface area contributed by atoms with E-state index in [1.54, 1.807) is 36.4 Å². The Morgan fingerprint density at radius 1 is 0.897 bits per heavy atom. The topological polar surface area (TPSA) is 142 Å². The Balaban J connectivity index is 1.82. The Kier molecular flexibility index (Phi) is 9.83. The molecule has 39 heavy (non-hydrogen) atoms. The number of nitriles is 1. The molecule has 12 heteroatoms. The van der Waals surface area contributed by atoms with Gasteiger partial charge in [0.05, 0.1) is 17.6 Å². The fraction of sp³-hybridized carbons (Fsp3) is 0.185. The maximum Gasteiger partial charge on any atom is 0.387 e. The summed E-state index contributed by atoms with van der Waals surface area (Å²) in [6, 6.07) is 19.3. The summed E-state index contributed by atoms with van der Waals surface area (Å²) in [5.41, 5.74) is 0.518. The number of alkyl halides is 2. The molecule has 0 aliphatic carbocycles. The van der Waals surface area contributed by atoms with Gasteiger partial charge in [-0.3, -0.25) is 14.4 Å². The van der Waals surface area contributed by atoms with Gasteiger partial charge in [-0.15, -0.1) is 0 Å². The number of hydrogen-bond donors (Lipinski definition) is 2. The first kappa shape index (κ1) is 28.9. The van der Waals surface area contributed by atoms with Crippen molar-refractivity contribution in [2.75, 3.05) is 12.3 Å². The minimum absolute atomic E-state index is 0.0112. The number of sulfone groups is 1. The van der Waals surface area contributed by atoms with E-state index < -0.39 is 52.4 Å². The number of nitrogens with zero attached hydrogens (tertiary/aromatic N) is 1. The van der Waals surface area contributed by atoms with Crippen molar-refractivity contribution in [2.45, 2.75) is 18.4 Å². The molecule has 3 aromatic carbocycles. The zero-order valence-electron chi connectivity index (χ0n) is 20.3. The van der Waals surface area contributed by atoms with E-state index in [4.69, 9.17) is 5.26 Å². The molecule has 0 radical (unpaired) electrons. The largest absolute Gasteiger partial charge is 0.435 e. The zero-order chi connectivity index (χ0) is 28.4. The van der Waals surface area contributed by atoms with E-state index >= 15 is 0 Å². The molecule has 0 fully saturated rings. The molecule has 0 aromatic heterocycles.